The molecule has 0 aliphatic heterocycles. The van der Waals surface area contributed by atoms with Crippen molar-refractivity contribution in [1.29, 1.82) is 0 Å². The molecule has 0 aliphatic rings. The number of hydrogen-bond donors (Lipinski definition) is 1. The molecule has 0 aliphatic carbocycles. The second kappa shape index (κ2) is 4.49. The fourth-order valence-corrected chi connectivity index (χ4v) is 1.44. The Morgan fingerprint density at radius 3 is 2.56 bits per heavy atom. The van der Waals surface area contributed by atoms with E-state index >= 15 is 0 Å². The number of anilines is 1. The monoisotopic (exact) mass is 279 g/mol. The summed E-state index contributed by atoms with van der Waals surface area (Å²) in [4.78, 5) is 7.83. The molecule has 16 heavy (non-hydrogen) atoms. The number of nitrogens with zero attached hydrogens (tertiary/aromatic N) is 2. The van der Waals surface area contributed by atoms with Crippen LogP contribution in [-0.2, 0) is 0 Å². The highest BCUT2D eigenvalue weighted by Gasteiger charge is 2.07. The van der Waals surface area contributed by atoms with Gasteiger partial charge in [-0.1, -0.05) is 17.7 Å². The second-order valence-corrected chi connectivity index (χ2v) is 4.09. The number of ether oxygens (including phenoxy) is 1. The molecule has 0 saturated heterocycles. The summed E-state index contributed by atoms with van der Waals surface area (Å²) in [6.45, 7) is 2.02. The van der Waals surface area contributed by atoms with Crippen molar-refractivity contribution >= 4 is 21.7 Å². The summed E-state index contributed by atoms with van der Waals surface area (Å²) < 4.78 is 6.13. The zero-order chi connectivity index (χ0) is 11.5. The molecule has 1 heterocycles. The highest BCUT2D eigenvalue weighted by molar-refractivity contribution is 9.10. The highest BCUT2D eigenvalue weighted by Crippen LogP contribution is 2.30. The molecule has 1 aromatic carbocycles. The minimum atomic E-state index is 0.358. The third-order valence-corrected chi connectivity index (χ3v) is 2.77. The van der Waals surface area contributed by atoms with Crippen LogP contribution >= 0.6 is 15.9 Å². The smallest absolute Gasteiger partial charge is 0.238 e. The Labute approximate surface area is 102 Å². The van der Waals surface area contributed by atoms with Crippen molar-refractivity contribution in [2.45, 2.75) is 6.92 Å². The maximum absolute atomic E-state index is 5.62. The van der Waals surface area contributed by atoms with Crippen molar-refractivity contribution < 1.29 is 4.74 Å². The third-order valence-electron chi connectivity index (χ3n) is 2.02. The minimum Gasteiger partial charge on any atom is -0.438 e. The average molecular weight is 280 g/mol. The molecule has 2 aromatic rings. The summed E-state index contributed by atoms with van der Waals surface area (Å²) in [5.74, 6) is 1.48. The number of aryl methyl sites for hydroxylation is 1. The van der Waals surface area contributed by atoms with E-state index in [0.29, 0.717) is 21.9 Å². The second-order valence-electron chi connectivity index (χ2n) is 3.29. The van der Waals surface area contributed by atoms with Gasteiger partial charge in [-0.3, -0.25) is 0 Å². The van der Waals surface area contributed by atoms with Gasteiger partial charge in [-0.15, -0.1) is 0 Å². The van der Waals surface area contributed by atoms with E-state index < -0.39 is 0 Å². The van der Waals surface area contributed by atoms with Gasteiger partial charge in [-0.05, 0) is 35.0 Å². The van der Waals surface area contributed by atoms with Gasteiger partial charge in [0.25, 0.3) is 0 Å². The van der Waals surface area contributed by atoms with Crippen LogP contribution in [0.5, 0.6) is 11.6 Å². The zero-order valence-corrected chi connectivity index (χ0v) is 10.2. The Kier molecular flexibility index (Phi) is 3.05. The molecule has 5 heteroatoms. The molecule has 2 N–H and O–H groups in total. The van der Waals surface area contributed by atoms with E-state index in [4.69, 9.17) is 10.5 Å². The van der Waals surface area contributed by atoms with Crippen molar-refractivity contribution in [1.82, 2.24) is 9.97 Å². The Bertz CT molecular complexity index is 499. The van der Waals surface area contributed by atoms with Crippen LogP contribution < -0.4 is 10.5 Å². The lowest BCUT2D eigenvalue weighted by molar-refractivity contribution is 0.458. The SMILES string of the molecule is Cc1ccc(Oc2ncnc(N)c2Br)cc1. The number of rotatable bonds is 2. The molecule has 0 atom stereocenters. The molecule has 1 aromatic heterocycles. The molecule has 0 bridgehead atoms. The standard InChI is InChI=1S/C11H10BrN3O/c1-7-2-4-8(5-3-7)16-11-9(12)10(13)14-6-15-11/h2-6H,1H3,(H2,13,14,15). The van der Waals surface area contributed by atoms with E-state index in [1.54, 1.807) is 0 Å². The zero-order valence-electron chi connectivity index (χ0n) is 8.64. The summed E-state index contributed by atoms with van der Waals surface area (Å²) in [5, 5.41) is 0. The van der Waals surface area contributed by atoms with E-state index in [0.717, 1.165) is 0 Å². The van der Waals surface area contributed by atoms with Gasteiger partial charge in [-0.25, -0.2) is 9.97 Å². The summed E-state index contributed by atoms with van der Waals surface area (Å²) in [5.41, 5.74) is 6.80. The van der Waals surface area contributed by atoms with Crippen LogP contribution in [0.25, 0.3) is 0 Å². The maximum Gasteiger partial charge on any atom is 0.238 e. The van der Waals surface area contributed by atoms with Crippen LogP contribution in [0.2, 0.25) is 0 Å². The van der Waals surface area contributed by atoms with Gasteiger partial charge in [-0.2, -0.15) is 0 Å². The van der Waals surface area contributed by atoms with E-state index in [-0.39, 0.29) is 0 Å². The molecule has 0 radical (unpaired) electrons. The predicted octanol–water partition coefficient (Wildman–Crippen LogP) is 2.92. The Hall–Kier alpha value is -1.62. The van der Waals surface area contributed by atoms with Crippen molar-refractivity contribution in [3.8, 4) is 11.6 Å². The summed E-state index contributed by atoms with van der Waals surface area (Å²) >= 11 is 3.28. The first kappa shape index (κ1) is 10.9. The third kappa shape index (κ3) is 2.30. The van der Waals surface area contributed by atoms with Crippen LogP contribution in [0.1, 0.15) is 5.56 Å². The van der Waals surface area contributed by atoms with Crippen LogP contribution in [-0.4, -0.2) is 9.97 Å². The molecule has 0 unspecified atom stereocenters. The van der Waals surface area contributed by atoms with Gasteiger partial charge >= 0.3 is 0 Å². The topological polar surface area (TPSA) is 61.0 Å². The van der Waals surface area contributed by atoms with Crippen molar-refractivity contribution in [3.05, 3.63) is 40.6 Å². The van der Waals surface area contributed by atoms with E-state index in [1.807, 2.05) is 31.2 Å². The summed E-state index contributed by atoms with van der Waals surface area (Å²) in [6.07, 6.45) is 1.36. The summed E-state index contributed by atoms with van der Waals surface area (Å²) in [7, 11) is 0. The van der Waals surface area contributed by atoms with Gasteiger partial charge in [0.15, 0.2) is 0 Å². The number of benzene rings is 1. The van der Waals surface area contributed by atoms with E-state index in [1.165, 1.54) is 11.9 Å². The first-order valence-corrected chi connectivity index (χ1v) is 5.46. The van der Waals surface area contributed by atoms with Gasteiger partial charge in [0, 0.05) is 0 Å². The molecular weight excluding hydrogens is 270 g/mol. The first-order valence-electron chi connectivity index (χ1n) is 4.67. The van der Waals surface area contributed by atoms with Gasteiger partial charge < -0.3 is 10.5 Å². The van der Waals surface area contributed by atoms with Crippen LogP contribution in [0, 0.1) is 6.92 Å². The van der Waals surface area contributed by atoms with E-state index in [2.05, 4.69) is 25.9 Å². The first-order chi connectivity index (χ1) is 7.66. The molecule has 2 rings (SSSR count). The van der Waals surface area contributed by atoms with Crippen molar-refractivity contribution in [2.75, 3.05) is 5.73 Å². The molecule has 0 spiro atoms. The molecule has 0 fully saturated rings. The van der Waals surface area contributed by atoms with E-state index in [9.17, 15) is 0 Å². The Balaban J connectivity index is 2.27. The molecule has 0 amide bonds. The highest BCUT2D eigenvalue weighted by atomic mass is 79.9. The number of halogens is 1. The predicted molar refractivity (Wildman–Crippen MR) is 65.4 cm³/mol. The van der Waals surface area contributed by atoms with Crippen molar-refractivity contribution in [3.63, 3.8) is 0 Å². The quantitative estimate of drug-likeness (QED) is 0.918. The number of nitrogens with two attached hydrogens (primary N) is 1. The fraction of sp³-hybridized carbons (Fsp3) is 0.0909. The minimum absolute atomic E-state index is 0.358. The average Bonchev–Trinajstić information content (AvgIpc) is 2.28. The molecule has 0 saturated carbocycles. The number of hydrogen-bond acceptors (Lipinski definition) is 4. The van der Waals surface area contributed by atoms with Crippen LogP contribution in [0.4, 0.5) is 5.82 Å². The summed E-state index contributed by atoms with van der Waals surface area (Å²) in [6, 6.07) is 7.68. The van der Waals surface area contributed by atoms with Crippen LogP contribution in [0.3, 0.4) is 0 Å². The molecule has 4 nitrogen and oxygen atoms in total. The van der Waals surface area contributed by atoms with Crippen LogP contribution in [0.15, 0.2) is 35.1 Å². The lowest BCUT2D eigenvalue weighted by atomic mass is 10.2. The van der Waals surface area contributed by atoms with Crippen molar-refractivity contribution in [2.24, 2.45) is 0 Å². The lowest BCUT2D eigenvalue weighted by Gasteiger charge is -2.07. The fourth-order valence-electron chi connectivity index (χ4n) is 1.16. The number of aromatic nitrogens is 2. The number of nitrogen functional groups attached to an aromatic ring is 1. The largest absolute Gasteiger partial charge is 0.438 e. The lowest BCUT2D eigenvalue weighted by Crippen LogP contribution is -1.96. The Morgan fingerprint density at radius 1 is 1.19 bits per heavy atom. The van der Waals surface area contributed by atoms with Gasteiger partial charge in [0.2, 0.25) is 5.88 Å². The normalized spacial score (nSPS) is 10.1. The molecular formula is C11H10BrN3O. The van der Waals surface area contributed by atoms with Gasteiger partial charge in [0.05, 0.1) is 0 Å². The Morgan fingerprint density at radius 2 is 1.88 bits per heavy atom. The molecule has 82 valence electrons. The maximum atomic E-state index is 5.62. The van der Waals surface area contributed by atoms with Gasteiger partial charge in [0.1, 0.15) is 22.4 Å².